The predicted octanol–water partition coefficient (Wildman–Crippen LogP) is 5.01. The van der Waals surface area contributed by atoms with E-state index in [4.69, 9.17) is 0 Å². The summed E-state index contributed by atoms with van der Waals surface area (Å²) in [4.78, 5) is 17.2. The molecular weight excluding hydrogens is 372 g/mol. The number of likely N-dealkylation sites (tertiary alicyclic amines) is 1. The van der Waals surface area contributed by atoms with Gasteiger partial charge in [0, 0.05) is 36.6 Å². The number of piperidine rings is 1. The average molecular weight is 403 g/mol. The number of benzene rings is 2. The van der Waals surface area contributed by atoms with Crippen LogP contribution in [0.15, 0.2) is 54.6 Å². The van der Waals surface area contributed by atoms with Crippen LogP contribution in [-0.4, -0.2) is 41.1 Å². The molecule has 2 aliphatic heterocycles. The Hall–Kier alpha value is -2.59. The number of carbonyl (C=O) groups is 1. The Balaban J connectivity index is 1.25. The first kappa shape index (κ1) is 19.4. The fourth-order valence-corrected chi connectivity index (χ4v) is 4.96. The fourth-order valence-electron chi connectivity index (χ4n) is 4.96. The lowest BCUT2D eigenvalue weighted by atomic mass is 9.82. The van der Waals surface area contributed by atoms with Crippen LogP contribution in [0, 0.1) is 5.41 Å². The van der Waals surface area contributed by atoms with Crippen LogP contribution in [0.1, 0.15) is 54.9 Å². The van der Waals surface area contributed by atoms with Crippen molar-refractivity contribution in [3.8, 4) is 0 Å². The average Bonchev–Trinajstić information content (AvgIpc) is 3.49. The van der Waals surface area contributed by atoms with Crippen LogP contribution >= 0.6 is 0 Å². The van der Waals surface area contributed by atoms with Gasteiger partial charge in [-0.1, -0.05) is 37.3 Å². The van der Waals surface area contributed by atoms with Crippen LogP contribution in [0.2, 0.25) is 0 Å². The first-order chi connectivity index (χ1) is 14.4. The second-order valence-electron chi connectivity index (χ2n) is 9.62. The molecule has 2 aromatic carbocycles. The summed E-state index contributed by atoms with van der Waals surface area (Å²) >= 11 is 0. The highest BCUT2D eigenvalue weighted by atomic mass is 16.3. The number of hydrogen-bond acceptors (Lipinski definition) is 3. The van der Waals surface area contributed by atoms with Crippen molar-refractivity contribution in [2.45, 2.75) is 44.6 Å². The van der Waals surface area contributed by atoms with E-state index in [9.17, 15) is 9.90 Å². The van der Waals surface area contributed by atoms with Gasteiger partial charge in [-0.05, 0) is 73.4 Å². The molecule has 1 N–H and O–H groups in total. The van der Waals surface area contributed by atoms with Crippen molar-refractivity contribution >= 4 is 23.4 Å². The third-order valence-corrected chi connectivity index (χ3v) is 7.08. The van der Waals surface area contributed by atoms with E-state index in [2.05, 4.69) is 48.2 Å². The highest BCUT2D eigenvalue weighted by molar-refractivity contribution is 5.95. The predicted molar refractivity (Wildman–Crippen MR) is 121 cm³/mol. The minimum atomic E-state index is -0.596. The summed E-state index contributed by atoms with van der Waals surface area (Å²) < 4.78 is 0. The molecule has 1 aliphatic carbocycles. The second-order valence-corrected chi connectivity index (χ2v) is 9.62. The SMILES string of the molecule is CC1(CC2(O)CCN(C(=O)c3ccc(N4CC=Cc5ccccc54)cc3)CC2)CC1. The monoisotopic (exact) mass is 402 g/mol. The van der Waals surface area contributed by atoms with Crippen LogP contribution in [-0.2, 0) is 0 Å². The van der Waals surface area contributed by atoms with E-state index in [1.807, 2.05) is 29.2 Å². The second kappa shape index (κ2) is 7.28. The molecule has 5 rings (SSSR count). The topological polar surface area (TPSA) is 43.8 Å². The van der Waals surface area contributed by atoms with E-state index in [1.54, 1.807) is 0 Å². The standard InChI is InChI=1S/C26H30N2O2/c1-25(12-13-25)19-26(30)14-17-27(18-15-26)24(29)21-8-10-22(11-9-21)28-16-4-6-20-5-2-3-7-23(20)28/h2-11,30H,12-19H2,1H3. The van der Waals surface area contributed by atoms with Gasteiger partial charge in [-0.2, -0.15) is 0 Å². The lowest BCUT2D eigenvalue weighted by Gasteiger charge is -2.39. The smallest absolute Gasteiger partial charge is 0.253 e. The van der Waals surface area contributed by atoms with Crippen molar-refractivity contribution in [3.05, 3.63) is 65.7 Å². The lowest BCUT2D eigenvalue weighted by molar-refractivity contribution is -0.0355. The highest BCUT2D eigenvalue weighted by Crippen LogP contribution is 2.52. The van der Waals surface area contributed by atoms with Gasteiger partial charge in [0.2, 0.25) is 0 Å². The minimum absolute atomic E-state index is 0.0696. The number of aliphatic hydroxyl groups is 1. The van der Waals surface area contributed by atoms with Crippen molar-refractivity contribution in [3.63, 3.8) is 0 Å². The molecule has 2 fully saturated rings. The molecular formula is C26H30N2O2. The van der Waals surface area contributed by atoms with Gasteiger partial charge >= 0.3 is 0 Å². The molecule has 30 heavy (non-hydrogen) atoms. The summed E-state index contributed by atoms with van der Waals surface area (Å²) in [5.74, 6) is 0.0696. The van der Waals surface area contributed by atoms with E-state index in [0.29, 0.717) is 31.3 Å². The number of para-hydroxylation sites is 1. The molecule has 2 heterocycles. The Labute approximate surface area is 178 Å². The number of anilines is 2. The molecule has 1 saturated heterocycles. The first-order valence-electron chi connectivity index (χ1n) is 11.1. The summed E-state index contributed by atoms with van der Waals surface area (Å²) in [6.07, 6.45) is 9.02. The van der Waals surface area contributed by atoms with Crippen LogP contribution < -0.4 is 4.90 Å². The van der Waals surface area contributed by atoms with E-state index in [0.717, 1.165) is 24.2 Å². The maximum atomic E-state index is 13.0. The molecule has 0 unspecified atom stereocenters. The van der Waals surface area contributed by atoms with Gasteiger partial charge in [-0.3, -0.25) is 4.79 Å². The van der Waals surface area contributed by atoms with Gasteiger partial charge < -0.3 is 14.9 Å². The van der Waals surface area contributed by atoms with E-state index >= 15 is 0 Å². The van der Waals surface area contributed by atoms with Crippen LogP contribution in [0.3, 0.4) is 0 Å². The van der Waals surface area contributed by atoms with E-state index in [-0.39, 0.29) is 5.91 Å². The zero-order valence-electron chi connectivity index (χ0n) is 17.7. The normalized spacial score (nSPS) is 21.3. The molecule has 3 aliphatic rings. The Kier molecular flexibility index (Phi) is 4.70. The number of fused-ring (bicyclic) bond motifs is 1. The van der Waals surface area contributed by atoms with Crippen LogP contribution in [0.25, 0.3) is 6.08 Å². The molecule has 0 atom stereocenters. The maximum absolute atomic E-state index is 13.0. The van der Waals surface area contributed by atoms with Crippen LogP contribution in [0.5, 0.6) is 0 Å². The lowest BCUT2D eigenvalue weighted by Crippen LogP contribution is -2.47. The van der Waals surface area contributed by atoms with Gasteiger partial charge in [0.1, 0.15) is 0 Å². The van der Waals surface area contributed by atoms with Crippen molar-refractivity contribution in [2.75, 3.05) is 24.5 Å². The molecule has 0 bridgehead atoms. The molecule has 0 spiro atoms. The quantitative estimate of drug-likeness (QED) is 0.782. The summed E-state index contributed by atoms with van der Waals surface area (Å²) in [6.45, 7) is 4.36. The molecule has 4 nitrogen and oxygen atoms in total. The number of hydrogen-bond donors (Lipinski definition) is 1. The number of rotatable bonds is 4. The van der Waals surface area contributed by atoms with Crippen LogP contribution in [0.4, 0.5) is 11.4 Å². The number of amides is 1. The Morgan fingerprint density at radius 2 is 1.70 bits per heavy atom. The third kappa shape index (κ3) is 3.77. The largest absolute Gasteiger partial charge is 0.390 e. The molecule has 1 amide bonds. The Morgan fingerprint density at radius 1 is 1.00 bits per heavy atom. The number of carbonyl (C=O) groups excluding carboxylic acids is 1. The van der Waals surface area contributed by atoms with Gasteiger partial charge in [0.25, 0.3) is 5.91 Å². The molecule has 0 aromatic heterocycles. The zero-order valence-corrected chi connectivity index (χ0v) is 17.7. The Bertz CT molecular complexity index is 967. The maximum Gasteiger partial charge on any atom is 0.253 e. The molecule has 1 saturated carbocycles. The molecule has 4 heteroatoms. The minimum Gasteiger partial charge on any atom is -0.390 e. The molecule has 156 valence electrons. The van der Waals surface area contributed by atoms with Gasteiger partial charge in [0.15, 0.2) is 0 Å². The van der Waals surface area contributed by atoms with E-state index < -0.39 is 5.60 Å². The van der Waals surface area contributed by atoms with Crippen molar-refractivity contribution in [1.29, 1.82) is 0 Å². The van der Waals surface area contributed by atoms with Gasteiger partial charge in [0.05, 0.1) is 5.60 Å². The summed E-state index contributed by atoms with van der Waals surface area (Å²) in [6, 6.07) is 16.3. The van der Waals surface area contributed by atoms with E-state index in [1.165, 1.54) is 24.1 Å². The summed E-state index contributed by atoms with van der Waals surface area (Å²) in [5.41, 5.74) is 3.96. The Morgan fingerprint density at radius 3 is 2.40 bits per heavy atom. The van der Waals surface area contributed by atoms with Crippen molar-refractivity contribution in [1.82, 2.24) is 4.90 Å². The zero-order chi connectivity index (χ0) is 20.8. The van der Waals surface area contributed by atoms with Gasteiger partial charge in [-0.15, -0.1) is 0 Å². The summed E-state index contributed by atoms with van der Waals surface area (Å²) in [5, 5.41) is 10.9. The molecule has 2 aromatic rings. The first-order valence-corrected chi connectivity index (χ1v) is 11.1. The van der Waals surface area contributed by atoms with Gasteiger partial charge in [-0.25, -0.2) is 0 Å². The molecule has 0 radical (unpaired) electrons. The van der Waals surface area contributed by atoms with Crippen molar-refractivity contribution < 1.29 is 9.90 Å². The fraction of sp³-hybridized carbons (Fsp3) is 0.423. The third-order valence-electron chi connectivity index (χ3n) is 7.08. The highest BCUT2D eigenvalue weighted by Gasteiger charge is 2.46. The van der Waals surface area contributed by atoms with Crippen molar-refractivity contribution in [2.24, 2.45) is 5.41 Å². The summed E-state index contributed by atoms with van der Waals surface area (Å²) in [7, 11) is 0. The number of nitrogens with zero attached hydrogens (tertiary/aromatic N) is 2.